The van der Waals surface area contributed by atoms with Crippen molar-refractivity contribution in [3.8, 4) is 0 Å². The van der Waals surface area contributed by atoms with Gasteiger partial charge in [-0.2, -0.15) is 0 Å². The number of carbonyl (C=O) groups is 2. The summed E-state index contributed by atoms with van der Waals surface area (Å²) in [5.41, 5.74) is 2.06. The third kappa shape index (κ3) is 4.37. The van der Waals surface area contributed by atoms with Gasteiger partial charge in [-0.15, -0.1) is 0 Å². The molecule has 23 heavy (non-hydrogen) atoms. The number of hydrogen-bond donors (Lipinski definition) is 3. The van der Waals surface area contributed by atoms with E-state index >= 15 is 0 Å². The second kappa shape index (κ2) is 7.51. The number of halogens is 1. The molecule has 0 unspecified atom stereocenters. The number of hydrogen-bond acceptors (Lipinski definition) is 3. The highest BCUT2D eigenvalue weighted by Gasteiger charge is 2.14. The Labute approximate surface area is 133 Å². The van der Waals surface area contributed by atoms with E-state index in [2.05, 4.69) is 10.6 Å². The zero-order valence-electron chi connectivity index (χ0n) is 12.6. The molecule has 2 aromatic rings. The van der Waals surface area contributed by atoms with Gasteiger partial charge in [0.05, 0.1) is 6.61 Å². The fraction of sp³-hybridized carbons (Fsp3) is 0.176. The lowest BCUT2D eigenvalue weighted by Gasteiger charge is -2.09. The van der Waals surface area contributed by atoms with Crippen LogP contribution in [0.1, 0.15) is 16.7 Å². The molecular formula is C17H17FN2O3. The first-order valence-corrected chi connectivity index (χ1v) is 7.04. The van der Waals surface area contributed by atoms with E-state index in [4.69, 9.17) is 0 Å². The van der Waals surface area contributed by atoms with E-state index in [0.29, 0.717) is 11.1 Å². The van der Waals surface area contributed by atoms with Gasteiger partial charge in [0, 0.05) is 12.2 Å². The fourth-order valence-corrected chi connectivity index (χ4v) is 2.00. The second-order valence-electron chi connectivity index (χ2n) is 5.03. The van der Waals surface area contributed by atoms with E-state index in [1.807, 2.05) is 0 Å². The van der Waals surface area contributed by atoms with Crippen molar-refractivity contribution in [1.82, 2.24) is 5.32 Å². The van der Waals surface area contributed by atoms with Crippen LogP contribution in [0.5, 0.6) is 0 Å². The van der Waals surface area contributed by atoms with Crippen molar-refractivity contribution in [2.75, 3.05) is 5.32 Å². The topological polar surface area (TPSA) is 78.4 Å². The van der Waals surface area contributed by atoms with Crippen LogP contribution in [0.2, 0.25) is 0 Å². The van der Waals surface area contributed by atoms with Gasteiger partial charge in [0.25, 0.3) is 0 Å². The summed E-state index contributed by atoms with van der Waals surface area (Å²) < 4.78 is 13.4. The van der Waals surface area contributed by atoms with Crippen molar-refractivity contribution in [1.29, 1.82) is 0 Å². The predicted molar refractivity (Wildman–Crippen MR) is 84.0 cm³/mol. The van der Waals surface area contributed by atoms with Crippen LogP contribution in [0, 0.1) is 12.7 Å². The average Bonchev–Trinajstić information content (AvgIpc) is 2.56. The Bertz CT molecular complexity index is 732. The lowest BCUT2D eigenvalue weighted by molar-refractivity contribution is -0.136. The lowest BCUT2D eigenvalue weighted by Crippen LogP contribution is -2.35. The number of aryl methyl sites for hydroxylation is 1. The Morgan fingerprint density at radius 3 is 2.43 bits per heavy atom. The molecule has 3 N–H and O–H groups in total. The molecular weight excluding hydrogens is 299 g/mol. The number of rotatable bonds is 4. The highest BCUT2D eigenvalue weighted by atomic mass is 19.1. The Hall–Kier alpha value is -2.73. The minimum absolute atomic E-state index is 0.116. The molecule has 120 valence electrons. The quantitative estimate of drug-likeness (QED) is 0.754. The van der Waals surface area contributed by atoms with Crippen LogP contribution in [0.3, 0.4) is 0 Å². The van der Waals surface area contributed by atoms with Crippen LogP contribution in [0.4, 0.5) is 10.1 Å². The first-order chi connectivity index (χ1) is 11.0. The molecule has 2 rings (SSSR count). The Morgan fingerprint density at radius 1 is 1.09 bits per heavy atom. The number of anilines is 1. The van der Waals surface area contributed by atoms with Gasteiger partial charge in [0.1, 0.15) is 5.82 Å². The van der Waals surface area contributed by atoms with Crippen molar-refractivity contribution in [2.24, 2.45) is 0 Å². The third-order valence-corrected chi connectivity index (χ3v) is 3.36. The molecule has 2 aromatic carbocycles. The van der Waals surface area contributed by atoms with Gasteiger partial charge >= 0.3 is 11.8 Å². The average molecular weight is 316 g/mol. The van der Waals surface area contributed by atoms with Gasteiger partial charge in [-0.05, 0) is 35.7 Å². The molecule has 0 heterocycles. The van der Waals surface area contributed by atoms with E-state index in [1.54, 1.807) is 31.2 Å². The molecule has 0 aliphatic carbocycles. The van der Waals surface area contributed by atoms with Gasteiger partial charge in [-0.1, -0.05) is 30.3 Å². The maximum atomic E-state index is 13.4. The fourth-order valence-electron chi connectivity index (χ4n) is 2.00. The van der Waals surface area contributed by atoms with Crippen molar-refractivity contribution in [3.05, 3.63) is 65.0 Å². The van der Waals surface area contributed by atoms with Gasteiger partial charge in [-0.3, -0.25) is 9.59 Å². The summed E-state index contributed by atoms with van der Waals surface area (Å²) >= 11 is 0. The molecule has 0 bridgehead atoms. The minimum Gasteiger partial charge on any atom is -0.392 e. The number of benzene rings is 2. The minimum atomic E-state index is -0.880. The highest BCUT2D eigenvalue weighted by Crippen LogP contribution is 2.13. The maximum Gasteiger partial charge on any atom is 0.313 e. The Kier molecular flexibility index (Phi) is 5.43. The maximum absolute atomic E-state index is 13.4. The smallest absolute Gasteiger partial charge is 0.313 e. The first kappa shape index (κ1) is 16.6. The Balaban J connectivity index is 1.95. The lowest BCUT2D eigenvalue weighted by atomic mass is 10.1. The van der Waals surface area contributed by atoms with Crippen molar-refractivity contribution >= 4 is 17.5 Å². The number of nitrogens with one attached hydrogen (secondary N) is 2. The van der Waals surface area contributed by atoms with Crippen LogP contribution < -0.4 is 10.6 Å². The molecule has 0 aliphatic heterocycles. The summed E-state index contributed by atoms with van der Waals surface area (Å²) in [6, 6.07) is 11.2. The largest absolute Gasteiger partial charge is 0.392 e. The zero-order valence-corrected chi connectivity index (χ0v) is 12.6. The van der Waals surface area contributed by atoms with Crippen LogP contribution in [0.25, 0.3) is 0 Å². The van der Waals surface area contributed by atoms with E-state index < -0.39 is 17.6 Å². The molecule has 6 heteroatoms. The third-order valence-electron chi connectivity index (χ3n) is 3.36. The molecule has 0 aromatic heterocycles. The summed E-state index contributed by atoms with van der Waals surface area (Å²) in [6.45, 7) is 1.57. The number of carbonyl (C=O) groups excluding carboxylic acids is 2. The van der Waals surface area contributed by atoms with Gasteiger partial charge in [0.15, 0.2) is 0 Å². The molecule has 0 saturated heterocycles. The Morgan fingerprint density at radius 2 is 1.78 bits per heavy atom. The summed E-state index contributed by atoms with van der Waals surface area (Å²) in [6.07, 6.45) is 0. The monoisotopic (exact) mass is 316 g/mol. The zero-order chi connectivity index (χ0) is 16.8. The first-order valence-electron chi connectivity index (χ1n) is 7.04. The predicted octanol–water partition coefficient (Wildman–Crippen LogP) is 1.88. The van der Waals surface area contributed by atoms with E-state index in [9.17, 15) is 19.1 Å². The molecule has 2 amide bonds. The van der Waals surface area contributed by atoms with Crippen LogP contribution in [-0.4, -0.2) is 16.9 Å². The summed E-state index contributed by atoms with van der Waals surface area (Å²) in [7, 11) is 0. The van der Waals surface area contributed by atoms with Crippen LogP contribution >= 0.6 is 0 Å². The standard InChI is InChI=1S/C17H17FN2O3/c1-11-6-7-14(8-15(11)18)20-17(23)16(22)19-9-12-4-2-3-5-13(12)10-21/h2-8,21H,9-10H2,1H3,(H,19,22)(H,20,23). The van der Waals surface area contributed by atoms with Crippen LogP contribution in [0.15, 0.2) is 42.5 Å². The SMILES string of the molecule is Cc1ccc(NC(=O)C(=O)NCc2ccccc2CO)cc1F. The van der Waals surface area contributed by atoms with E-state index in [1.165, 1.54) is 12.1 Å². The number of aliphatic hydroxyl groups excluding tert-OH is 1. The second-order valence-corrected chi connectivity index (χ2v) is 5.03. The normalized spacial score (nSPS) is 10.2. The summed E-state index contributed by atoms with van der Waals surface area (Å²) in [4.78, 5) is 23.6. The molecule has 0 radical (unpaired) electrons. The molecule has 0 aliphatic rings. The molecule has 5 nitrogen and oxygen atoms in total. The molecule has 0 fully saturated rings. The number of amides is 2. The molecule has 0 atom stereocenters. The van der Waals surface area contributed by atoms with Gasteiger partial charge < -0.3 is 15.7 Å². The van der Waals surface area contributed by atoms with Crippen molar-refractivity contribution < 1.29 is 19.1 Å². The van der Waals surface area contributed by atoms with E-state index in [-0.39, 0.29) is 18.8 Å². The molecule has 0 spiro atoms. The highest BCUT2D eigenvalue weighted by molar-refractivity contribution is 6.39. The number of aliphatic hydroxyl groups is 1. The van der Waals surface area contributed by atoms with Crippen LogP contribution in [-0.2, 0) is 22.7 Å². The van der Waals surface area contributed by atoms with E-state index in [0.717, 1.165) is 11.6 Å². The summed E-state index contributed by atoms with van der Waals surface area (Å²) in [5.74, 6) is -2.17. The molecule has 0 saturated carbocycles. The van der Waals surface area contributed by atoms with Crippen molar-refractivity contribution in [2.45, 2.75) is 20.1 Å². The summed E-state index contributed by atoms with van der Waals surface area (Å²) in [5, 5.41) is 14.0. The van der Waals surface area contributed by atoms with Gasteiger partial charge in [-0.25, -0.2) is 4.39 Å². The van der Waals surface area contributed by atoms with Gasteiger partial charge in [0.2, 0.25) is 0 Å². The van der Waals surface area contributed by atoms with Crippen molar-refractivity contribution in [3.63, 3.8) is 0 Å².